The molecule has 3 heterocycles. The smallest absolute Gasteiger partial charge is 0.270 e. The van der Waals surface area contributed by atoms with Gasteiger partial charge >= 0.3 is 0 Å². The molecule has 25 heavy (non-hydrogen) atoms. The van der Waals surface area contributed by atoms with Crippen molar-refractivity contribution in [1.82, 2.24) is 9.97 Å². The van der Waals surface area contributed by atoms with Crippen LogP contribution < -0.4 is 4.90 Å². The van der Waals surface area contributed by atoms with Gasteiger partial charge in [-0.3, -0.25) is 14.7 Å². The third-order valence-corrected chi connectivity index (χ3v) is 5.77. The standard InChI is InChI=1S/C19H15N3OS2/c1-13-6-4-8-15-17(13)21-19(25-15)22(12-14-7-2-3-10-20-14)18(23)16-9-5-11-24-16/h2-11H,12H2,1H3. The average molecular weight is 365 g/mol. The van der Waals surface area contributed by atoms with E-state index < -0.39 is 0 Å². The zero-order valence-electron chi connectivity index (χ0n) is 13.5. The van der Waals surface area contributed by atoms with Gasteiger partial charge < -0.3 is 0 Å². The first-order valence-corrected chi connectivity index (χ1v) is 9.53. The maximum atomic E-state index is 13.0. The number of para-hydroxylation sites is 1. The van der Waals surface area contributed by atoms with Gasteiger partial charge in [-0.05, 0) is 42.1 Å². The zero-order chi connectivity index (χ0) is 17.2. The van der Waals surface area contributed by atoms with Crippen LogP contribution in [0.3, 0.4) is 0 Å². The summed E-state index contributed by atoms with van der Waals surface area (Å²) < 4.78 is 1.08. The second-order valence-corrected chi connectivity index (χ2v) is 7.56. The van der Waals surface area contributed by atoms with Crippen molar-refractivity contribution in [3.63, 3.8) is 0 Å². The predicted octanol–water partition coefficient (Wildman–Crippen LogP) is 4.91. The Kier molecular flexibility index (Phi) is 4.29. The van der Waals surface area contributed by atoms with Crippen LogP contribution in [0.1, 0.15) is 20.9 Å². The summed E-state index contributed by atoms with van der Waals surface area (Å²) in [5.41, 5.74) is 2.90. The van der Waals surface area contributed by atoms with Crippen molar-refractivity contribution in [2.24, 2.45) is 0 Å². The normalized spacial score (nSPS) is 10.9. The Morgan fingerprint density at radius 3 is 2.76 bits per heavy atom. The van der Waals surface area contributed by atoms with E-state index >= 15 is 0 Å². The molecule has 0 radical (unpaired) electrons. The monoisotopic (exact) mass is 365 g/mol. The summed E-state index contributed by atoms with van der Waals surface area (Å²) in [4.78, 5) is 24.6. The number of thiazole rings is 1. The molecule has 1 amide bonds. The van der Waals surface area contributed by atoms with E-state index in [0.29, 0.717) is 16.6 Å². The molecule has 0 aliphatic carbocycles. The molecule has 6 heteroatoms. The number of anilines is 1. The molecule has 0 unspecified atom stereocenters. The lowest BCUT2D eigenvalue weighted by molar-refractivity contribution is 0.0988. The first-order chi connectivity index (χ1) is 12.2. The lowest BCUT2D eigenvalue weighted by Gasteiger charge is -2.18. The van der Waals surface area contributed by atoms with Crippen molar-refractivity contribution in [2.45, 2.75) is 13.5 Å². The van der Waals surface area contributed by atoms with E-state index in [1.54, 1.807) is 11.1 Å². The second kappa shape index (κ2) is 6.74. The molecule has 0 aliphatic heterocycles. The highest BCUT2D eigenvalue weighted by Gasteiger charge is 2.23. The number of thiophene rings is 1. The highest BCUT2D eigenvalue weighted by atomic mass is 32.1. The van der Waals surface area contributed by atoms with E-state index in [-0.39, 0.29) is 5.91 Å². The lowest BCUT2D eigenvalue weighted by atomic mass is 10.2. The molecule has 124 valence electrons. The van der Waals surface area contributed by atoms with Crippen LogP contribution in [0.25, 0.3) is 10.2 Å². The number of benzene rings is 1. The van der Waals surface area contributed by atoms with E-state index in [1.807, 2.05) is 60.8 Å². The second-order valence-electron chi connectivity index (χ2n) is 5.61. The third kappa shape index (κ3) is 3.18. The molecule has 4 aromatic rings. The molecule has 1 aromatic carbocycles. The number of hydrogen-bond acceptors (Lipinski definition) is 5. The first-order valence-electron chi connectivity index (χ1n) is 7.84. The van der Waals surface area contributed by atoms with E-state index in [1.165, 1.54) is 22.7 Å². The Hall–Kier alpha value is -2.57. The molecule has 3 aromatic heterocycles. The fraction of sp³-hybridized carbons (Fsp3) is 0.105. The van der Waals surface area contributed by atoms with Crippen molar-refractivity contribution in [2.75, 3.05) is 4.90 Å². The molecule has 0 atom stereocenters. The largest absolute Gasteiger partial charge is 0.277 e. The number of aromatic nitrogens is 2. The summed E-state index contributed by atoms with van der Waals surface area (Å²) in [6, 6.07) is 15.6. The molecule has 0 saturated carbocycles. The Balaban J connectivity index is 1.78. The first kappa shape index (κ1) is 15.9. The van der Waals surface area contributed by atoms with Crippen LogP contribution in [-0.4, -0.2) is 15.9 Å². The highest BCUT2D eigenvalue weighted by Crippen LogP contribution is 2.32. The molecule has 0 N–H and O–H groups in total. The molecule has 0 bridgehead atoms. The van der Waals surface area contributed by atoms with Gasteiger partial charge in [0.1, 0.15) is 0 Å². The van der Waals surface area contributed by atoms with Crippen molar-refractivity contribution < 1.29 is 4.79 Å². The minimum atomic E-state index is -0.0441. The lowest BCUT2D eigenvalue weighted by Crippen LogP contribution is -2.30. The van der Waals surface area contributed by atoms with E-state index in [9.17, 15) is 4.79 Å². The quantitative estimate of drug-likeness (QED) is 0.516. The van der Waals surface area contributed by atoms with Crippen LogP contribution in [0.4, 0.5) is 5.13 Å². The summed E-state index contributed by atoms with van der Waals surface area (Å²) >= 11 is 2.98. The minimum absolute atomic E-state index is 0.0441. The van der Waals surface area contributed by atoms with Gasteiger partial charge in [-0.2, -0.15) is 0 Å². The molecular formula is C19H15N3OS2. The molecule has 4 nitrogen and oxygen atoms in total. The Morgan fingerprint density at radius 2 is 2.04 bits per heavy atom. The number of carbonyl (C=O) groups is 1. The summed E-state index contributed by atoms with van der Waals surface area (Å²) in [7, 11) is 0. The van der Waals surface area contributed by atoms with Crippen molar-refractivity contribution in [1.29, 1.82) is 0 Å². The van der Waals surface area contributed by atoms with Gasteiger partial charge in [0.05, 0.1) is 27.3 Å². The number of amides is 1. The molecule has 0 fully saturated rings. The Bertz CT molecular complexity index is 1010. The Labute approximate surface area is 153 Å². The molecule has 0 aliphatic rings. The topological polar surface area (TPSA) is 46.1 Å². The van der Waals surface area contributed by atoms with Crippen molar-refractivity contribution >= 4 is 43.9 Å². The van der Waals surface area contributed by atoms with Gasteiger partial charge in [-0.25, -0.2) is 4.98 Å². The number of fused-ring (bicyclic) bond motifs is 1. The maximum Gasteiger partial charge on any atom is 0.270 e. The number of aryl methyl sites for hydroxylation is 1. The van der Waals surface area contributed by atoms with Crippen LogP contribution in [0, 0.1) is 6.92 Å². The average Bonchev–Trinajstić information content (AvgIpc) is 3.30. The Morgan fingerprint density at radius 1 is 1.12 bits per heavy atom. The fourth-order valence-corrected chi connectivity index (χ4v) is 4.32. The third-order valence-electron chi connectivity index (χ3n) is 3.86. The van der Waals surface area contributed by atoms with Crippen LogP contribution in [0.2, 0.25) is 0 Å². The van der Waals surface area contributed by atoms with Gasteiger partial charge in [0, 0.05) is 6.20 Å². The van der Waals surface area contributed by atoms with Gasteiger partial charge in [-0.15, -0.1) is 11.3 Å². The summed E-state index contributed by atoms with van der Waals surface area (Å²) in [6.45, 7) is 2.44. The van der Waals surface area contributed by atoms with Gasteiger partial charge in [-0.1, -0.05) is 35.6 Å². The number of rotatable bonds is 4. The van der Waals surface area contributed by atoms with Crippen molar-refractivity contribution in [3.05, 3.63) is 76.2 Å². The summed E-state index contributed by atoms with van der Waals surface area (Å²) in [6.07, 6.45) is 1.74. The zero-order valence-corrected chi connectivity index (χ0v) is 15.2. The SMILES string of the molecule is Cc1cccc2sc(N(Cc3ccccn3)C(=O)c3cccs3)nc12. The van der Waals surface area contributed by atoms with Gasteiger partial charge in [0.2, 0.25) is 0 Å². The molecule has 4 rings (SSSR count). The van der Waals surface area contributed by atoms with Gasteiger partial charge in [0.25, 0.3) is 5.91 Å². The summed E-state index contributed by atoms with van der Waals surface area (Å²) in [5, 5.41) is 2.61. The predicted molar refractivity (Wildman–Crippen MR) is 103 cm³/mol. The molecular weight excluding hydrogens is 350 g/mol. The fourth-order valence-electron chi connectivity index (χ4n) is 2.60. The maximum absolute atomic E-state index is 13.0. The summed E-state index contributed by atoms with van der Waals surface area (Å²) in [5.74, 6) is -0.0441. The van der Waals surface area contributed by atoms with E-state index in [4.69, 9.17) is 4.98 Å². The molecule has 0 spiro atoms. The van der Waals surface area contributed by atoms with Crippen LogP contribution in [0.5, 0.6) is 0 Å². The number of pyridine rings is 1. The molecule has 0 saturated heterocycles. The highest BCUT2D eigenvalue weighted by molar-refractivity contribution is 7.22. The van der Waals surface area contributed by atoms with Crippen molar-refractivity contribution in [3.8, 4) is 0 Å². The minimum Gasteiger partial charge on any atom is -0.277 e. The van der Waals surface area contributed by atoms with Crippen LogP contribution in [0.15, 0.2) is 60.1 Å². The van der Waals surface area contributed by atoms with Crippen LogP contribution in [-0.2, 0) is 6.54 Å². The number of nitrogens with zero attached hydrogens (tertiary/aromatic N) is 3. The number of carbonyl (C=O) groups excluding carboxylic acids is 1. The number of hydrogen-bond donors (Lipinski definition) is 0. The van der Waals surface area contributed by atoms with Crippen LogP contribution >= 0.6 is 22.7 Å². The van der Waals surface area contributed by atoms with E-state index in [0.717, 1.165) is 21.5 Å². The van der Waals surface area contributed by atoms with Gasteiger partial charge in [0.15, 0.2) is 5.13 Å². The van der Waals surface area contributed by atoms with E-state index in [2.05, 4.69) is 4.98 Å².